The zero-order chi connectivity index (χ0) is 22.4. The van der Waals surface area contributed by atoms with Gasteiger partial charge in [-0.3, -0.25) is 19.3 Å². The number of phenolic OH excluding ortho intramolecular Hbond substituents is 1. The van der Waals surface area contributed by atoms with E-state index in [0.717, 1.165) is 5.56 Å². The number of aromatic hydroxyl groups is 1. The number of rotatable bonds is 4. The second-order valence-electron chi connectivity index (χ2n) is 7.61. The van der Waals surface area contributed by atoms with Gasteiger partial charge in [0.05, 0.1) is 16.9 Å². The van der Waals surface area contributed by atoms with Crippen LogP contribution in [0.1, 0.15) is 38.9 Å². The molecule has 0 saturated carbocycles. The van der Waals surface area contributed by atoms with Gasteiger partial charge in [0.1, 0.15) is 11.9 Å². The number of hydrogen-bond acceptors (Lipinski definition) is 4. The standard InChI is InChI=1S/C24H18ClN3O4/c25-14-9-10-20(29)18(13-14)26-21(30)11-12-27-22-15-5-1-2-6-16(15)24(32)28(22)19-8-4-3-7-17(19)23(27)31/h1-10,13,22,29H,11-12H2,(H,26,30)/t22-/m0/s1. The van der Waals surface area contributed by atoms with Crippen molar-refractivity contribution in [3.63, 3.8) is 0 Å². The first-order valence-electron chi connectivity index (χ1n) is 10.1. The van der Waals surface area contributed by atoms with Crippen LogP contribution in [0.3, 0.4) is 0 Å². The first kappa shape index (κ1) is 20.1. The third kappa shape index (κ3) is 3.18. The minimum Gasteiger partial charge on any atom is -0.506 e. The third-order valence-electron chi connectivity index (χ3n) is 5.70. The number of fused-ring (bicyclic) bond motifs is 5. The fourth-order valence-electron chi connectivity index (χ4n) is 4.24. The van der Waals surface area contributed by atoms with Crippen molar-refractivity contribution in [1.29, 1.82) is 0 Å². The number of halogens is 1. The summed E-state index contributed by atoms with van der Waals surface area (Å²) in [5.41, 5.74) is 2.44. The van der Waals surface area contributed by atoms with Gasteiger partial charge in [-0.2, -0.15) is 0 Å². The summed E-state index contributed by atoms with van der Waals surface area (Å²) < 4.78 is 0. The molecule has 2 aliphatic heterocycles. The van der Waals surface area contributed by atoms with Crippen LogP contribution < -0.4 is 10.2 Å². The molecule has 5 rings (SSSR count). The highest BCUT2D eigenvalue weighted by Crippen LogP contribution is 2.45. The second kappa shape index (κ2) is 7.69. The van der Waals surface area contributed by atoms with Crippen LogP contribution in [0.4, 0.5) is 11.4 Å². The van der Waals surface area contributed by atoms with E-state index in [1.54, 1.807) is 46.2 Å². The predicted molar refractivity (Wildman–Crippen MR) is 120 cm³/mol. The molecule has 3 aromatic rings. The number of nitrogens with zero attached hydrogens (tertiary/aromatic N) is 2. The molecule has 0 spiro atoms. The molecule has 0 aromatic heterocycles. The summed E-state index contributed by atoms with van der Waals surface area (Å²) in [5, 5.41) is 12.9. The van der Waals surface area contributed by atoms with E-state index in [0.29, 0.717) is 21.8 Å². The number of benzene rings is 3. The third-order valence-corrected chi connectivity index (χ3v) is 5.93. The van der Waals surface area contributed by atoms with E-state index in [1.807, 2.05) is 12.1 Å². The molecular formula is C24H18ClN3O4. The number of phenols is 1. The van der Waals surface area contributed by atoms with Crippen LogP contribution in [0.5, 0.6) is 5.75 Å². The summed E-state index contributed by atoms with van der Waals surface area (Å²) in [6.07, 6.45) is -0.644. The number of anilines is 2. The maximum absolute atomic E-state index is 13.3. The van der Waals surface area contributed by atoms with Crippen molar-refractivity contribution in [2.24, 2.45) is 0 Å². The summed E-state index contributed by atoms with van der Waals surface area (Å²) in [6.45, 7) is 0.0864. The maximum atomic E-state index is 13.3. The van der Waals surface area contributed by atoms with E-state index in [1.165, 1.54) is 18.2 Å². The Labute approximate surface area is 188 Å². The molecule has 2 N–H and O–H groups in total. The minimum absolute atomic E-state index is 0.0272. The molecule has 1 atom stereocenters. The normalized spacial score (nSPS) is 16.5. The molecule has 0 bridgehead atoms. The van der Waals surface area contributed by atoms with Crippen molar-refractivity contribution in [3.05, 3.63) is 88.4 Å². The molecule has 0 fully saturated rings. The molecule has 3 amide bonds. The Hall–Kier alpha value is -3.84. The number of carbonyl (C=O) groups excluding carboxylic acids is 3. The summed E-state index contributed by atoms with van der Waals surface area (Å²) >= 11 is 5.94. The Morgan fingerprint density at radius 1 is 0.969 bits per heavy atom. The average Bonchev–Trinajstić information content (AvgIpc) is 3.09. The van der Waals surface area contributed by atoms with Crippen LogP contribution in [-0.4, -0.2) is 34.3 Å². The molecular weight excluding hydrogens is 430 g/mol. The second-order valence-corrected chi connectivity index (χ2v) is 8.05. The zero-order valence-corrected chi connectivity index (χ0v) is 17.5. The van der Waals surface area contributed by atoms with Gasteiger partial charge in [-0.15, -0.1) is 0 Å². The summed E-state index contributed by atoms with van der Waals surface area (Å²) in [5.74, 6) is -0.917. The van der Waals surface area contributed by atoms with Crippen molar-refractivity contribution < 1.29 is 19.5 Å². The van der Waals surface area contributed by atoms with Crippen molar-refractivity contribution in [2.75, 3.05) is 16.8 Å². The van der Waals surface area contributed by atoms with Crippen molar-refractivity contribution in [3.8, 4) is 5.75 Å². The van der Waals surface area contributed by atoms with E-state index >= 15 is 0 Å². The average molecular weight is 448 g/mol. The number of hydrogen-bond donors (Lipinski definition) is 2. The van der Waals surface area contributed by atoms with E-state index in [9.17, 15) is 19.5 Å². The van der Waals surface area contributed by atoms with Gasteiger partial charge in [-0.05, 0) is 36.4 Å². The fourth-order valence-corrected chi connectivity index (χ4v) is 4.41. The largest absolute Gasteiger partial charge is 0.506 e. The molecule has 2 aliphatic rings. The van der Waals surface area contributed by atoms with Gasteiger partial charge < -0.3 is 15.3 Å². The Morgan fingerprint density at radius 2 is 1.69 bits per heavy atom. The number of amides is 3. The first-order valence-corrected chi connectivity index (χ1v) is 10.4. The lowest BCUT2D eigenvalue weighted by atomic mass is 10.0. The van der Waals surface area contributed by atoms with Gasteiger partial charge in [0.15, 0.2) is 0 Å². The molecule has 8 heteroatoms. The molecule has 0 saturated heterocycles. The van der Waals surface area contributed by atoms with Crippen molar-refractivity contribution in [1.82, 2.24) is 4.90 Å². The Morgan fingerprint density at radius 3 is 2.50 bits per heavy atom. The number of carbonyl (C=O) groups is 3. The molecule has 32 heavy (non-hydrogen) atoms. The van der Waals surface area contributed by atoms with E-state index in [4.69, 9.17) is 11.6 Å². The Bertz CT molecular complexity index is 1280. The van der Waals surface area contributed by atoms with E-state index in [-0.39, 0.29) is 36.2 Å². The highest BCUT2D eigenvalue weighted by Gasteiger charge is 2.47. The Kier molecular flexibility index (Phi) is 4.83. The fraction of sp³-hybridized carbons (Fsp3) is 0.125. The molecule has 160 valence electrons. The summed E-state index contributed by atoms with van der Waals surface area (Å²) in [7, 11) is 0. The van der Waals surface area contributed by atoms with Crippen molar-refractivity contribution in [2.45, 2.75) is 12.6 Å². The van der Waals surface area contributed by atoms with E-state index in [2.05, 4.69) is 5.32 Å². The van der Waals surface area contributed by atoms with Crippen molar-refractivity contribution >= 4 is 40.7 Å². The monoisotopic (exact) mass is 447 g/mol. The first-order chi connectivity index (χ1) is 15.5. The quantitative estimate of drug-likeness (QED) is 0.587. The smallest absolute Gasteiger partial charge is 0.260 e. The van der Waals surface area contributed by atoms with Crippen LogP contribution in [0, 0.1) is 0 Å². The maximum Gasteiger partial charge on any atom is 0.260 e. The molecule has 7 nitrogen and oxygen atoms in total. The highest BCUT2D eigenvalue weighted by atomic mass is 35.5. The van der Waals surface area contributed by atoms with Gasteiger partial charge >= 0.3 is 0 Å². The molecule has 0 radical (unpaired) electrons. The van der Waals surface area contributed by atoms with Crippen LogP contribution in [0.15, 0.2) is 66.7 Å². The lowest BCUT2D eigenvalue weighted by Crippen LogP contribution is -2.48. The van der Waals surface area contributed by atoms with Gasteiger partial charge in [-0.25, -0.2) is 0 Å². The van der Waals surface area contributed by atoms with Gasteiger partial charge in [0, 0.05) is 29.1 Å². The van der Waals surface area contributed by atoms with Crippen LogP contribution >= 0.6 is 11.6 Å². The number of nitrogens with one attached hydrogen (secondary N) is 1. The predicted octanol–water partition coefficient (Wildman–Crippen LogP) is 4.19. The summed E-state index contributed by atoms with van der Waals surface area (Å²) in [6, 6.07) is 18.5. The molecule has 0 aliphatic carbocycles. The molecule has 3 aromatic carbocycles. The SMILES string of the molecule is O=C(CCN1C(=O)c2ccccc2N2C(=O)c3ccccc3[C@@H]12)Nc1cc(Cl)ccc1O. The Balaban J connectivity index is 1.44. The highest BCUT2D eigenvalue weighted by molar-refractivity contribution is 6.31. The van der Waals surface area contributed by atoms with Crippen LogP contribution in [0.25, 0.3) is 0 Å². The summed E-state index contributed by atoms with van der Waals surface area (Å²) in [4.78, 5) is 42.3. The van der Waals surface area contributed by atoms with Gasteiger partial charge in [0.25, 0.3) is 11.8 Å². The topological polar surface area (TPSA) is 90.0 Å². The number of para-hydroxylation sites is 1. The zero-order valence-electron chi connectivity index (χ0n) is 16.8. The molecule has 0 unspecified atom stereocenters. The lowest BCUT2D eigenvalue weighted by molar-refractivity contribution is -0.116. The van der Waals surface area contributed by atoms with Crippen LogP contribution in [-0.2, 0) is 4.79 Å². The minimum atomic E-state index is -0.617. The van der Waals surface area contributed by atoms with Gasteiger partial charge in [0.2, 0.25) is 5.91 Å². The van der Waals surface area contributed by atoms with E-state index < -0.39 is 12.1 Å². The molecule has 2 heterocycles. The lowest BCUT2D eigenvalue weighted by Gasteiger charge is -2.40. The van der Waals surface area contributed by atoms with Crippen LogP contribution in [0.2, 0.25) is 5.02 Å². The van der Waals surface area contributed by atoms with Gasteiger partial charge in [-0.1, -0.05) is 41.9 Å².